The average Bonchev–Trinajstić information content (AvgIpc) is 2.30. The van der Waals surface area contributed by atoms with Crippen LogP contribution in [-0.4, -0.2) is 50.8 Å². The van der Waals surface area contributed by atoms with Crippen molar-refractivity contribution in [3.63, 3.8) is 0 Å². The Hall–Kier alpha value is -0.900. The van der Waals surface area contributed by atoms with E-state index in [0.29, 0.717) is 6.04 Å². The number of hydrogen-bond donors (Lipinski definition) is 1. The van der Waals surface area contributed by atoms with E-state index in [2.05, 4.69) is 48.5 Å². The summed E-state index contributed by atoms with van der Waals surface area (Å²) in [4.78, 5) is 2.41. The van der Waals surface area contributed by atoms with Crippen molar-refractivity contribution in [2.45, 2.75) is 18.4 Å². The van der Waals surface area contributed by atoms with Gasteiger partial charge in [0.15, 0.2) is 0 Å². The lowest BCUT2D eigenvalue weighted by molar-refractivity contribution is -0.0865. The highest BCUT2D eigenvalue weighted by Gasteiger charge is 2.47. The van der Waals surface area contributed by atoms with Crippen molar-refractivity contribution in [2.24, 2.45) is 0 Å². The molecule has 0 amide bonds. The second-order valence-electron chi connectivity index (χ2n) is 5.78. The molecule has 2 aliphatic rings. The summed E-state index contributed by atoms with van der Waals surface area (Å²) in [5.74, 6) is 0. The van der Waals surface area contributed by atoms with Gasteiger partial charge in [0.2, 0.25) is 0 Å². The molecule has 1 N–H and O–H groups in total. The fourth-order valence-corrected chi connectivity index (χ4v) is 3.04. The maximum Gasteiger partial charge on any atom is 0.0601 e. The molecule has 98 valence electrons. The topological polar surface area (TPSA) is 24.5 Å². The van der Waals surface area contributed by atoms with E-state index in [1.165, 1.54) is 11.1 Å². The van der Waals surface area contributed by atoms with Crippen LogP contribution in [0.5, 0.6) is 0 Å². The molecular formula is C15H22N2O. The predicted molar refractivity (Wildman–Crippen MR) is 73.0 cm³/mol. The van der Waals surface area contributed by atoms with Crippen LogP contribution in [0.4, 0.5) is 0 Å². The van der Waals surface area contributed by atoms with Gasteiger partial charge in [0.05, 0.1) is 18.6 Å². The SMILES string of the molecule is Cc1ccc(C2(C3CN(C)CCN3)COC2)cc1. The van der Waals surface area contributed by atoms with Gasteiger partial charge in [0, 0.05) is 25.7 Å². The lowest BCUT2D eigenvalue weighted by Crippen LogP contribution is -2.66. The molecule has 0 saturated carbocycles. The molecule has 1 unspecified atom stereocenters. The van der Waals surface area contributed by atoms with E-state index in [0.717, 1.165) is 32.8 Å². The largest absolute Gasteiger partial charge is 0.379 e. The summed E-state index contributed by atoms with van der Waals surface area (Å²) in [6.07, 6.45) is 0. The lowest BCUT2D eigenvalue weighted by Gasteiger charge is -2.50. The number of benzene rings is 1. The first kappa shape index (κ1) is 12.2. The van der Waals surface area contributed by atoms with Crippen LogP contribution in [-0.2, 0) is 10.2 Å². The first-order chi connectivity index (χ1) is 8.71. The zero-order valence-corrected chi connectivity index (χ0v) is 11.3. The number of ether oxygens (including phenoxy) is 1. The first-order valence-electron chi connectivity index (χ1n) is 6.77. The van der Waals surface area contributed by atoms with Gasteiger partial charge < -0.3 is 15.0 Å². The second-order valence-corrected chi connectivity index (χ2v) is 5.78. The van der Waals surface area contributed by atoms with Gasteiger partial charge in [0.25, 0.3) is 0 Å². The van der Waals surface area contributed by atoms with Crippen molar-refractivity contribution < 1.29 is 4.74 Å². The third-order valence-corrected chi connectivity index (χ3v) is 4.39. The Bertz CT molecular complexity index is 411. The number of nitrogens with one attached hydrogen (secondary N) is 1. The van der Waals surface area contributed by atoms with Crippen molar-refractivity contribution in [3.8, 4) is 0 Å². The number of likely N-dealkylation sites (N-methyl/N-ethyl adjacent to an activating group) is 1. The number of rotatable bonds is 2. The van der Waals surface area contributed by atoms with E-state index in [9.17, 15) is 0 Å². The minimum atomic E-state index is 0.183. The third-order valence-electron chi connectivity index (χ3n) is 4.39. The molecule has 1 aromatic carbocycles. The smallest absolute Gasteiger partial charge is 0.0601 e. The molecule has 2 fully saturated rings. The van der Waals surface area contributed by atoms with Crippen molar-refractivity contribution >= 4 is 0 Å². The highest BCUT2D eigenvalue weighted by atomic mass is 16.5. The fraction of sp³-hybridized carbons (Fsp3) is 0.600. The minimum absolute atomic E-state index is 0.183. The summed E-state index contributed by atoms with van der Waals surface area (Å²) < 4.78 is 5.55. The summed E-state index contributed by atoms with van der Waals surface area (Å²) >= 11 is 0. The van der Waals surface area contributed by atoms with Gasteiger partial charge in [-0.25, -0.2) is 0 Å². The fourth-order valence-electron chi connectivity index (χ4n) is 3.04. The van der Waals surface area contributed by atoms with E-state index in [-0.39, 0.29) is 5.41 Å². The van der Waals surface area contributed by atoms with E-state index in [1.807, 2.05) is 0 Å². The summed E-state index contributed by atoms with van der Waals surface area (Å²) in [5, 5.41) is 3.68. The highest BCUT2D eigenvalue weighted by molar-refractivity contribution is 5.33. The van der Waals surface area contributed by atoms with Crippen LogP contribution in [0.2, 0.25) is 0 Å². The predicted octanol–water partition coefficient (Wildman–Crippen LogP) is 1.17. The van der Waals surface area contributed by atoms with Crippen LogP contribution < -0.4 is 5.32 Å². The van der Waals surface area contributed by atoms with Crippen LogP contribution >= 0.6 is 0 Å². The molecule has 0 aromatic heterocycles. The Balaban J connectivity index is 1.87. The van der Waals surface area contributed by atoms with Gasteiger partial charge in [-0.05, 0) is 19.5 Å². The number of piperazine rings is 1. The highest BCUT2D eigenvalue weighted by Crippen LogP contribution is 2.36. The maximum atomic E-state index is 5.55. The Morgan fingerprint density at radius 2 is 2.00 bits per heavy atom. The number of hydrogen-bond acceptors (Lipinski definition) is 3. The van der Waals surface area contributed by atoms with Gasteiger partial charge in [-0.2, -0.15) is 0 Å². The molecular weight excluding hydrogens is 224 g/mol. The Morgan fingerprint density at radius 1 is 1.28 bits per heavy atom. The maximum absolute atomic E-state index is 5.55. The number of nitrogens with zero attached hydrogens (tertiary/aromatic N) is 1. The Kier molecular flexibility index (Phi) is 3.14. The normalized spacial score (nSPS) is 27.8. The lowest BCUT2D eigenvalue weighted by atomic mass is 9.71. The van der Waals surface area contributed by atoms with Gasteiger partial charge in [0.1, 0.15) is 0 Å². The van der Waals surface area contributed by atoms with E-state index in [1.54, 1.807) is 0 Å². The molecule has 2 heterocycles. The second kappa shape index (κ2) is 4.65. The summed E-state index contributed by atoms with van der Waals surface area (Å²) in [5.41, 5.74) is 2.93. The average molecular weight is 246 g/mol. The zero-order chi connectivity index (χ0) is 12.6. The van der Waals surface area contributed by atoms with Crippen LogP contribution in [0.3, 0.4) is 0 Å². The molecule has 0 spiro atoms. The summed E-state index contributed by atoms with van der Waals surface area (Å²) in [6, 6.07) is 9.47. The first-order valence-corrected chi connectivity index (χ1v) is 6.77. The Morgan fingerprint density at radius 3 is 2.56 bits per heavy atom. The third kappa shape index (κ3) is 1.96. The zero-order valence-electron chi connectivity index (χ0n) is 11.3. The van der Waals surface area contributed by atoms with Crippen LogP contribution in [0.15, 0.2) is 24.3 Å². The van der Waals surface area contributed by atoms with Crippen molar-refractivity contribution in [1.82, 2.24) is 10.2 Å². The number of aryl methyl sites for hydroxylation is 1. The van der Waals surface area contributed by atoms with E-state index in [4.69, 9.17) is 4.74 Å². The van der Waals surface area contributed by atoms with Gasteiger partial charge in [-0.1, -0.05) is 29.8 Å². The van der Waals surface area contributed by atoms with Gasteiger partial charge in [-0.15, -0.1) is 0 Å². The van der Waals surface area contributed by atoms with Crippen LogP contribution in [0.1, 0.15) is 11.1 Å². The van der Waals surface area contributed by atoms with Crippen molar-refractivity contribution in [2.75, 3.05) is 39.9 Å². The molecule has 1 aromatic rings. The summed E-state index contributed by atoms with van der Waals surface area (Å²) in [6.45, 7) is 7.16. The molecule has 1 atom stereocenters. The molecule has 0 radical (unpaired) electrons. The molecule has 0 bridgehead atoms. The Labute approximate surface area is 109 Å². The van der Waals surface area contributed by atoms with Crippen molar-refractivity contribution in [3.05, 3.63) is 35.4 Å². The monoisotopic (exact) mass is 246 g/mol. The van der Waals surface area contributed by atoms with Gasteiger partial charge >= 0.3 is 0 Å². The van der Waals surface area contributed by atoms with Crippen LogP contribution in [0.25, 0.3) is 0 Å². The van der Waals surface area contributed by atoms with E-state index < -0.39 is 0 Å². The quantitative estimate of drug-likeness (QED) is 0.847. The van der Waals surface area contributed by atoms with Crippen LogP contribution in [0, 0.1) is 6.92 Å². The van der Waals surface area contributed by atoms with Crippen molar-refractivity contribution in [1.29, 1.82) is 0 Å². The van der Waals surface area contributed by atoms with Gasteiger partial charge in [-0.3, -0.25) is 0 Å². The van der Waals surface area contributed by atoms with E-state index >= 15 is 0 Å². The molecule has 2 saturated heterocycles. The summed E-state index contributed by atoms with van der Waals surface area (Å²) in [7, 11) is 2.20. The molecule has 2 aliphatic heterocycles. The molecule has 0 aliphatic carbocycles. The molecule has 3 heteroatoms. The minimum Gasteiger partial charge on any atom is -0.379 e. The molecule has 3 nitrogen and oxygen atoms in total. The molecule has 3 rings (SSSR count). The molecule has 18 heavy (non-hydrogen) atoms. The standard InChI is InChI=1S/C15H22N2O/c1-12-3-5-13(6-4-12)15(10-18-11-15)14-9-17(2)8-7-16-14/h3-6,14,16H,7-11H2,1-2H3.